The van der Waals surface area contributed by atoms with Crippen molar-refractivity contribution in [3.8, 4) is 17.5 Å². The Morgan fingerprint density at radius 3 is 1.56 bits per heavy atom. The topological polar surface area (TPSA) is 460 Å². The van der Waals surface area contributed by atoms with Crippen LogP contribution in [0.3, 0.4) is 0 Å². The van der Waals surface area contributed by atoms with Crippen molar-refractivity contribution < 1.29 is 68.4 Å². The van der Waals surface area contributed by atoms with Crippen LogP contribution < -0.4 is 59.3 Å². The molecule has 9 atom stereocenters. The summed E-state index contributed by atoms with van der Waals surface area (Å²) < 4.78 is 1.01. The number of aromatic nitrogens is 2. The summed E-state index contributed by atoms with van der Waals surface area (Å²) in [5.74, 6) is -10.1. The third-order valence-electron chi connectivity index (χ3n) is 17.4. The number of rotatable bonds is 36. The number of H-pyrrole nitrogens is 1. The molecular weight excluding hydrogens is 1350 g/mol. The number of phenols is 1. The van der Waals surface area contributed by atoms with Crippen molar-refractivity contribution in [1.82, 2.24) is 62.3 Å². The Hall–Kier alpha value is -11.5. The van der Waals surface area contributed by atoms with Crippen LogP contribution in [0.5, 0.6) is 17.5 Å². The van der Waals surface area contributed by atoms with Crippen molar-refractivity contribution in [2.24, 2.45) is 17.4 Å². The average molecular weight is 1440 g/mol. The molecule has 2 aromatic heterocycles. The molecule has 30 heteroatoms. The molecule has 0 spiro atoms. The van der Waals surface area contributed by atoms with Gasteiger partial charge in [-0.05, 0) is 96.2 Å². The van der Waals surface area contributed by atoms with Gasteiger partial charge in [-0.3, -0.25) is 57.9 Å². The van der Waals surface area contributed by atoms with Gasteiger partial charge in [-0.25, -0.2) is 0 Å². The highest BCUT2D eigenvalue weighted by Gasteiger charge is 2.40. The van der Waals surface area contributed by atoms with Crippen molar-refractivity contribution in [1.29, 1.82) is 5.41 Å². The first-order valence-corrected chi connectivity index (χ1v) is 34.1. The number of hydrogen-bond donors (Lipinski definition) is 17. The highest BCUT2D eigenvalue weighted by Crippen LogP contribution is 2.30. The third kappa shape index (κ3) is 22.5. The molecule has 0 aliphatic carbocycles. The van der Waals surface area contributed by atoms with Gasteiger partial charge < -0.3 is 89.6 Å². The Kier molecular flexibility index (Phi) is 28.0. The number of guanidine groups is 1. The van der Waals surface area contributed by atoms with Gasteiger partial charge in [-0.2, -0.15) is 0 Å². The van der Waals surface area contributed by atoms with Crippen LogP contribution in [0.1, 0.15) is 79.8 Å². The van der Waals surface area contributed by atoms with E-state index >= 15 is 14.4 Å². The van der Waals surface area contributed by atoms with Crippen LogP contribution in [-0.4, -0.2) is 174 Å². The maximum atomic E-state index is 15.1. The maximum absolute atomic E-state index is 15.1. The number of carbonyl (C=O) groups excluding carboxylic acids is 10. The largest absolute Gasteiger partial charge is 0.508 e. The molecule has 19 N–H and O–H groups in total. The SMILES string of the molecule is CC(C)C[C@H](NC(=O)[C@@H](Cc1ccccc1)NC(=O)[C@H](Cc1ccc(O)cc1)NC(=O)[C@H](CO)NC(=O)[C@@H](Cc1c[nH]c2ccccc12)NC(=O)[C@H](Cc1ccc(Cl)cc1)NC(=O)[C@@H](Cc1ccccc1)n1c(O)ccc1O)C(=O)N[C@@H](CCCNC(=N)N)C(=O)N1CCC[C@H]1C(=O)NCC(N)=O. The number of phenolic OH excluding ortho intramolecular Hbond substituents is 1. The summed E-state index contributed by atoms with van der Waals surface area (Å²) in [7, 11) is 0. The lowest BCUT2D eigenvalue weighted by molar-refractivity contribution is -0.142. The molecule has 8 rings (SSSR count). The van der Waals surface area contributed by atoms with Gasteiger partial charge in [0.2, 0.25) is 59.1 Å². The molecule has 0 unspecified atom stereocenters. The monoisotopic (exact) mass is 1430 g/mol. The molecule has 0 saturated carbocycles. The minimum absolute atomic E-state index is 0.00945. The second-order valence-corrected chi connectivity index (χ2v) is 26.1. The predicted octanol–water partition coefficient (Wildman–Crippen LogP) is 1.78. The van der Waals surface area contributed by atoms with E-state index < -0.39 is 138 Å². The molecule has 29 nitrogen and oxygen atoms in total. The van der Waals surface area contributed by atoms with Gasteiger partial charge in [0, 0.05) is 79.4 Å². The van der Waals surface area contributed by atoms with Gasteiger partial charge in [0.25, 0.3) is 0 Å². The van der Waals surface area contributed by atoms with Gasteiger partial charge >= 0.3 is 0 Å². The van der Waals surface area contributed by atoms with Gasteiger partial charge in [-0.15, -0.1) is 0 Å². The fourth-order valence-corrected chi connectivity index (χ4v) is 12.3. The quantitative estimate of drug-likeness (QED) is 0.0151. The molecule has 10 amide bonds. The Morgan fingerprint density at radius 1 is 0.553 bits per heavy atom. The smallest absolute Gasteiger partial charge is 0.245 e. The molecule has 1 fully saturated rings. The number of hydrogen-bond acceptors (Lipinski definition) is 15. The molecule has 1 aliphatic rings. The Morgan fingerprint density at radius 2 is 1.02 bits per heavy atom. The summed E-state index contributed by atoms with van der Waals surface area (Å²) in [5.41, 5.74) is 14.1. The lowest BCUT2D eigenvalue weighted by atomic mass is 9.99. The number of fused-ring (bicyclic) bond motifs is 1. The predicted molar refractivity (Wildman–Crippen MR) is 382 cm³/mol. The van der Waals surface area contributed by atoms with E-state index in [1.54, 1.807) is 129 Å². The van der Waals surface area contributed by atoms with E-state index in [4.69, 9.17) is 28.5 Å². The van der Waals surface area contributed by atoms with E-state index in [9.17, 15) is 54.0 Å². The number of aliphatic hydroxyl groups is 1. The number of carbonyl (C=O) groups is 10. The van der Waals surface area contributed by atoms with E-state index in [1.165, 1.54) is 41.3 Å². The standard InChI is InChI=1S/C73H88ClN15O14/c1-42(2)33-53(64(95)81-52(19-11-31-78-73(76)77)72(103)88-32-12-20-59(88)70(101)80-40-61(75)92)82-65(96)54(34-43-13-5-3-6-14-43)83-66(97)55(36-46-23-27-49(91)28-24-46)84-69(100)58(41-90)87-68(99)57(38-47-39-79-51-18-10-9-17-50(47)51)85-67(98)56(35-45-21-25-48(74)26-22-45)86-71(102)60(37-44-15-7-4-8-16-44)89-62(93)29-30-63(89)94/h3-10,13-18,21-30,39,42,52-60,79,90-91,93-94H,11-12,19-20,31-38,40-41H2,1-2H3,(H2,75,92)(H,80,101)(H,81,95)(H,82,96)(H,83,97)(H,84,100)(H,85,98)(H,86,102)(H,87,99)(H4,76,77,78)/t52-,53-,54+,55-,56-,57+,58-,59-,60+/m0/s1. The molecule has 103 heavy (non-hydrogen) atoms. The van der Waals surface area contributed by atoms with Crippen LogP contribution in [0.4, 0.5) is 0 Å². The van der Waals surface area contributed by atoms with Gasteiger partial charge in [-0.1, -0.05) is 129 Å². The molecule has 1 saturated heterocycles. The highest BCUT2D eigenvalue weighted by atomic mass is 35.5. The Balaban J connectivity index is 1.05. The fourth-order valence-electron chi connectivity index (χ4n) is 12.2. The third-order valence-corrected chi connectivity index (χ3v) is 17.7. The number of nitrogens with two attached hydrogens (primary N) is 2. The zero-order valence-corrected chi connectivity index (χ0v) is 57.7. The van der Waals surface area contributed by atoms with Crippen molar-refractivity contribution in [3.05, 3.63) is 185 Å². The van der Waals surface area contributed by atoms with E-state index in [0.717, 1.165) is 4.57 Å². The molecule has 3 heterocycles. The number of amides is 10. The molecule has 0 radical (unpaired) electrons. The lowest BCUT2D eigenvalue weighted by Crippen LogP contribution is -2.61. The number of primary amides is 1. The minimum Gasteiger partial charge on any atom is -0.508 e. The van der Waals surface area contributed by atoms with E-state index in [-0.39, 0.29) is 88.5 Å². The first-order chi connectivity index (χ1) is 49.3. The number of para-hydroxylation sites is 1. The first kappa shape index (κ1) is 77.3. The van der Waals surface area contributed by atoms with Crippen LogP contribution in [0.15, 0.2) is 152 Å². The molecule has 546 valence electrons. The lowest BCUT2D eigenvalue weighted by Gasteiger charge is -2.31. The summed E-state index contributed by atoms with van der Waals surface area (Å²) in [6.07, 6.45) is 1.57. The zero-order chi connectivity index (χ0) is 74.3. The van der Waals surface area contributed by atoms with Crippen LogP contribution in [-0.2, 0) is 80.0 Å². The van der Waals surface area contributed by atoms with Crippen LogP contribution in [0.25, 0.3) is 10.9 Å². The second kappa shape index (κ2) is 37.3. The van der Waals surface area contributed by atoms with E-state index in [0.29, 0.717) is 50.2 Å². The molecule has 5 aromatic carbocycles. The van der Waals surface area contributed by atoms with E-state index in [2.05, 4.69) is 52.8 Å². The summed E-state index contributed by atoms with van der Waals surface area (Å²) in [6.45, 7) is 2.33. The number of aromatic amines is 1. The maximum Gasteiger partial charge on any atom is 0.245 e. The fraction of sp³-hybridized carbons (Fsp3) is 0.356. The number of aromatic hydroxyl groups is 3. The second-order valence-electron chi connectivity index (χ2n) is 25.7. The van der Waals surface area contributed by atoms with Crippen LogP contribution in [0.2, 0.25) is 5.02 Å². The Labute approximate surface area is 599 Å². The van der Waals surface area contributed by atoms with Gasteiger partial charge in [0.05, 0.1) is 13.2 Å². The molecule has 0 bridgehead atoms. The Bertz CT molecular complexity index is 4080. The van der Waals surface area contributed by atoms with Crippen LogP contribution in [0, 0.1) is 11.3 Å². The summed E-state index contributed by atoms with van der Waals surface area (Å²) in [6, 6.07) is 26.0. The number of nitrogens with zero attached hydrogens (tertiary/aromatic N) is 2. The number of aliphatic hydroxyl groups excluding tert-OH is 1. The number of nitrogens with one attached hydrogen (secondary N) is 11. The molecule has 7 aromatic rings. The van der Waals surface area contributed by atoms with Crippen molar-refractivity contribution in [3.63, 3.8) is 0 Å². The zero-order valence-electron chi connectivity index (χ0n) is 56.9. The van der Waals surface area contributed by atoms with E-state index in [1.807, 2.05) is 0 Å². The molecular formula is C73H88ClN15O14. The summed E-state index contributed by atoms with van der Waals surface area (Å²) in [5, 5.41) is 76.0. The number of benzene rings is 5. The van der Waals surface area contributed by atoms with Gasteiger partial charge in [0.1, 0.15) is 60.1 Å². The minimum atomic E-state index is -1.84. The number of halogens is 1. The summed E-state index contributed by atoms with van der Waals surface area (Å²) >= 11 is 6.26. The summed E-state index contributed by atoms with van der Waals surface area (Å²) in [4.78, 5) is 148. The average Bonchev–Trinajstić information content (AvgIpc) is 1.75. The van der Waals surface area contributed by atoms with Crippen molar-refractivity contribution in [2.45, 2.75) is 132 Å². The molecule has 1 aliphatic heterocycles. The van der Waals surface area contributed by atoms with Crippen LogP contribution >= 0.6 is 11.6 Å². The van der Waals surface area contributed by atoms with Gasteiger partial charge in [0.15, 0.2) is 17.7 Å². The van der Waals surface area contributed by atoms with Crippen molar-refractivity contribution >= 4 is 87.5 Å². The first-order valence-electron chi connectivity index (χ1n) is 33.8. The number of likely N-dealkylation sites (tertiary alicyclic amines) is 1. The highest BCUT2D eigenvalue weighted by molar-refractivity contribution is 6.30. The normalized spacial score (nSPS) is 15.0. The van der Waals surface area contributed by atoms with Crippen molar-refractivity contribution in [2.75, 3.05) is 26.2 Å².